The maximum absolute atomic E-state index is 12.4. The number of rotatable bonds is 2. The quantitative estimate of drug-likeness (QED) is 0.758. The first-order chi connectivity index (χ1) is 6.16. The molecule has 0 aliphatic carbocycles. The molecule has 1 heterocycles. The van der Waals surface area contributed by atoms with Crippen LogP contribution in [0.15, 0.2) is 12.3 Å². The molecule has 1 aromatic rings. The molecule has 0 amide bonds. The Bertz CT molecular complexity index is 344. The Balaban J connectivity index is 3.19. The van der Waals surface area contributed by atoms with Crippen molar-refractivity contribution < 1.29 is 8.78 Å². The van der Waals surface area contributed by atoms with Crippen molar-refractivity contribution in [1.82, 2.24) is 4.98 Å². The molecule has 0 atom stereocenters. The molecule has 0 bridgehead atoms. The molecule has 1 aromatic heterocycles. The number of halogens is 2. The summed E-state index contributed by atoms with van der Waals surface area (Å²) in [6.45, 7) is 0. The van der Waals surface area contributed by atoms with E-state index in [1.165, 1.54) is 12.3 Å². The molecule has 0 fully saturated rings. The van der Waals surface area contributed by atoms with Gasteiger partial charge in [-0.05, 0) is 11.6 Å². The average molecular weight is 183 g/mol. The van der Waals surface area contributed by atoms with Crippen molar-refractivity contribution in [3.8, 4) is 6.07 Å². The van der Waals surface area contributed by atoms with E-state index in [0.717, 1.165) is 0 Å². The summed E-state index contributed by atoms with van der Waals surface area (Å²) in [5, 5.41) is 8.36. The van der Waals surface area contributed by atoms with Crippen molar-refractivity contribution in [2.24, 2.45) is 0 Å². The summed E-state index contributed by atoms with van der Waals surface area (Å²) in [6, 6.07) is 3.17. The molecule has 0 saturated heterocycles. The lowest BCUT2D eigenvalue weighted by molar-refractivity contribution is 0.151. The number of pyridine rings is 1. The topological polar surface area (TPSA) is 62.7 Å². The zero-order chi connectivity index (χ0) is 9.84. The minimum Gasteiger partial charge on any atom is -0.383 e. The van der Waals surface area contributed by atoms with Gasteiger partial charge in [0.1, 0.15) is 5.82 Å². The SMILES string of the molecule is N#CCc1ccnc(N)c1C(F)F. The average Bonchev–Trinajstić information content (AvgIpc) is 2.04. The van der Waals surface area contributed by atoms with Gasteiger partial charge in [0.25, 0.3) is 6.43 Å². The van der Waals surface area contributed by atoms with Gasteiger partial charge in [0, 0.05) is 6.20 Å². The molecule has 5 heteroatoms. The van der Waals surface area contributed by atoms with E-state index in [0.29, 0.717) is 0 Å². The van der Waals surface area contributed by atoms with Crippen LogP contribution in [0.25, 0.3) is 0 Å². The van der Waals surface area contributed by atoms with Gasteiger partial charge in [-0.25, -0.2) is 13.8 Å². The molecule has 0 aliphatic rings. The van der Waals surface area contributed by atoms with Gasteiger partial charge in [-0.2, -0.15) is 5.26 Å². The highest BCUT2D eigenvalue weighted by molar-refractivity contribution is 5.46. The summed E-state index contributed by atoms with van der Waals surface area (Å²) in [5.41, 5.74) is 5.16. The van der Waals surface area contributed by atoms with Crippen LogP contribution < -0.4 is 5.73 Å². The number of alkyl halides is 2. The summed E-state index contributed by atoms with van der Waals surface area (Å²) < 4.78 is 24.8. The van der Waals surface area contributed by atoms with Crippen LogP contribution in [0.1, 0.15) is 17.6 Å². The molecule has 2 N–H and O–H groups in total. The molecule has 1 rings (SSSR count). The first kappa shape index (κ1) is 9.39. The van der Waals surface area contributed by atoms with E-state index >= 15 is 0 Å². The fourth-order valence-corrected chi connectivity index (χ4v) is 1.02. The lowest BCUT2D eigenvalue weighted by Crippen LogP contribution is -2.02. The maximum atomic E-state index is 12.4. The molecule has 0 saturated carbocycles. The third-order valence-corrected chi connectivity index (χ3v) is 1.60. The number of nitrogens with two attached hydrogens (primary N) is 1. The predicted molar refractivity (Wildman–Crippen MR) is 42.9 cm³/mol. The molecular weight excluding hydrogens is 176 g/mol. The van der Waals surface area contributed by atoms with Gasteiger partial charge < -0.3 is 5.73 Å². The Morgan fingerprint density at radius 2 is 2.31 bits per heavy atom. The number of nitrogens with zero attached hydrogens (tertiary/aromatic N) is 2. The number of anilines is 1. The van der Waals surface area contributed by atoms with Crippen LogP contribution in [0.3, 0.4) is 0 Å². The van der Waals surface area contributed by atoms with E-state index in [1.807, 2.05) is 0 Å². The Morgan fingerprint density at radius 3 is 2.85 bits per heavy atom. The van der Waals surface area contributed by atoms with Gasteiger partial charge >= 0.3 is 0 Å². The number of nitriles is 1. The first-order valence-corrected chi connectivity index (χ1v) is 3.55. The minimum atomic E-state index is -2.68. The Hall–Kier alpha value is -1.70. The normalized spacial score (nSPS) is 10.0. The highest BCUT2D eigenvalue weighted by Gasteiger charge is 2.16. The summed E-state index contributed by atoms with van der Waals surface area (Å²) in [6.07, 6.45) is -1.45. The smallest absolute Gasteiger partial charge is 0.267 e. The van der Waals surface area contributed by atoms with Gasteiger partial charge in [0.2, 0.25) is 0 Å². The van der Waals surface area contributed by atoms with Gasteiger partial charge in [-0.3, -0.25) is 0 Å². The molecule has 13 heavy (non-hydrogen) atoms. The Kier molecular flexibility index (Phi) is 2.75. The third kappa shape index (κ3) is 1.90. The standard InChI is InChI=1S/C8H7F2N3/c9-7(10)6-5(1-3-11)2-4-13-8(6)12/h2,4,7H,1H2,(H2,12,13). The monoisotopic (exact) mass is 183 g/mol. The highest BCUT2D eigenvalue weighted by Crippen LogP contribution is 2.26. The number of hydrogen-bond acceptors (Lipinski definition) is 3. The van der Waals surface area contributed by atoms with Crippen molar-refractivity contribution in [2.75, 3.05) is 5.73 Å². The molecule has 68 valence electrons. The maximum Gasteiger partial charge on any atom is 0.267 e. The van der Waals surface area contributed by atoms with Crippen LogP contribution in [-0.2, 0) is 6.42 Å². The lowest BCUT2D eigenvalue weighted by Gasteiger charge is -2.07. The van der Waals surface area contributed by atoms with E-state index < -0.39 is 6.43 Å². The van der Waals surface area contributed by atoms with Crippen LogP contribution in [0.5, 0.6) is 0 Å². The van der Waals surface area contributed by atoms with Crippen LogP contribution in [0.4, 0.5) is 14.6 Å². The van der Waals surface area contributed by atoms with Crippen molar-refractivity contribution in [1.29, 1.82) is 5.26 Å². The second-order valence-electron chi connectivity index (χ2n) is 2.40. The van der Waals surface area contributed by atoms with Crippen molar-refractivity contribution in [2.45, 2.75) is 12.8 Å². The summed E-state index contributed by atoms with van der Waals surface area (Å²) in [4.78, 5) is 3.53. The Labute approximate surface area is 73.8 Å². The molecule has 0 radical (unpaired) electrons. The largest absolute Gasteiger partial charge is 0.383 e. The van der Waals surface area contributed by atoms with Crippen LogP contribution in [-0.4, -0.2) is 4.98 Å². The van der Waals surface area contributed by atoms with Crippen molar-refractivity contribution in [3.05, 3.63) is 23.4 Å². The van der Waals surface area contributed by atoms with Gasteiger partial charge in [-0.1, -0.05) is 0 Å². The molecule has 0 unspecified atom stereocenters. The number of nitrogen functional groups attached to an aromatic ring is 1. The van der Waals surface area contributed by atoms with Crippen LogP contribution in [0, 0.1) is 11.3 Å². The second kappa shape index (κ2) is 3.81. The van der Waals surface area contributed by atoms with E-state index in [1.54, 1.807) is 6.07 Å². The van der Waals surface area contributed by atoms with E-state index in [2.05, 4.69) is 4.98 Å². The number of aromatic nitrogens is 1. The van der Waals surface area contributed by atoms with Crippen molar-refractivity contribution in [3.63, 3.8) is 0 Å². The minimum absolute atomic E-state index is 0.0770. The highest BCUT2D eigenvalue weighted by atomic mass is 19.3. The molecule has 3 nitrogen and oxygen atoms in total. The van der Waals surface area contributed by atoms with Gasteiger partial charge in [0.05, 0.1) is 18.1 Å². The zero-order valence-electron chi connectivity index (χ0n) is 6.67. The fraction of sp³-hybridized carbons (Fsp3) is 0.250. The van der Waals surface area contributed by atoms with Crippen molar-refractivity contribution >= 4 is 5.82 Å². The molecule has 0 spiro atoms. The summed E-state index contributed by atoms with van der Waals surface area (Å²) >= 11 is 0. The molecule has 0 aromatic carbocycles. The number of hydrogen-bond donors (Lipinski definition) is 1. The van der Waals surface area contributed by atoms with E-state index in [-0.39, 0.29) is 23.4 Å². The van der Waals surface area contributed by atoms with Crippen LogP contribution in [0.2, 0.25) is 0 Å². The Morgan fingerprint density at radius 1 is 1.62 bits per heavy atom. The molecule has 0 aliphatic heterocycles. The summed E-state index contributed by atoms with van der Waals surface area (Å²) in [7, 11) is 0. The predicted octanol–water partition coefficient (Wildman–Crippen LogP) is 1.67. The summed E-state index contributed by atoms with van der Waals surface area (Å²) in [5.74, 6) is -0.206. The second-order valence-corrected chi connectivity index (χ2v) is 2.40. The zero-order valence-corrected chi connectivity index (χ0v) is 6.67. The molecular formula is C8H7F2N3. The first-order valence-electron chi connectivity index (χ1n) is 3.55. The third-order valence-electron chi connectivity index (χ3n) is 1.60. The fourth-order valence-electron chi connectivity index (χ4n) is 1.02. The van der Waals surface area contributed by atoms with Gasteiger partial charge in [0.15, 0.2) is 0 Å². The van der Waals surface area contributed by atoms with E-state index in [4.69, 9.17) is 11.0 Å². The lowest BCUT2D eigenvalue weighted by atomic mass is 10.1. The van der Waals surface area contributed by atoms with E-state index in [9.17, 15) is 8.78 Å². The van der Waals surface area contributed by atoms with Gasteiger partial charge in [-0.15, -0.1) is 0 Å². The van der Waals surface area contributed by atoms with Crippen LogP contribution >= 0.6 is 0 Å².